The summed E-state index contributed by atoms with van der Waals surface area (Å²) in [4.78, 5) is 13.3. The molecule has 1 aromatic carbocycles. The summed E-state index contributed by atoms with van der Waals surface area (Å²) in [5.74, 6) is 1.67. The Morgan fingerprint density at radius 3 is 2.17 bits per heavy atom. The minimum Gasteiger partial charge on any atom is -0.363 e. The summed E-state index contributed by atoms with van der Waals surface area (Å²) >= 11 is 0. The quantitative estimate of drug-likeness (QED) is 0.535. The first-order valence-corrected chi connectivity index (χ1v) is 10.2. The number of hydrogen-bond donors (Lipinski definition) is 1. The van der Waals surface area contributed by atoms with Gasteiger partial charge in [0.25, 0.3) is 0 Å². The molecule has 4 rings (SSSR count). The number of benzene rings is 1. The number of anilines is 1. The Kier molecular flexibility index (Phi) is 5.97. The van der Waals surface area contributed by atoms with Crippen LogP contribution in [-0.4, -0.2) is 15.0 Å². The zero-order valence-electron chi connectivity index (χ0n) is 16.4. The molecule has 2 aromatic heterocycles. The van der Waals surface area contributed by atoms with Crippen LogP contribution in [0.2, 0.25) is 0 Å². The van der Waals surface area contributed by atoms with Crippen molar-refractivity contribution in [1.29, 1.82) is 0 Å². The maximum Gasteiger partial charge on any atom is 0.416 e. The van der Waals surface area contributed by atoms with Crippen molar-refractivity contribution in [3.63, 3.8) is 0 Å². The number of nitrogens with zero attached hydrogens (tertiary/aromatic N) is 3. The van der Waals surface area contributed by atoms with E-state index in [4.69, 9.17) is 0 Å². The molecule has 1 atom stereocenters. The summed E-state index contributed by atoms with van der Waals surface area (Å²) in [5, 5.41) is 3.53. The van der Waals surface area contributed by atoms with Gasteiger partial charge in [-0.05, 0) is 43.0 Å². The highest BCUT2D eigenvalue weighted by Crippen LogP contribution is 2.36. The van der Waals surface area contributed by atoms with E-state index in [1.54, 1.807) is 18.6 Å². The maximum atomic E-state index is 12.8. The fraction of sp³-hybridized carbons (Fsp3) is 0.348. The molecule has 0 bridgehead atoms. The lowest BCUT2D eigenvalue weighted by Gasteiger charge is -2.31. The molecule has 1 unspecified atom stereocenters. The van der Waals surface area contributed by atoms with Crippen LogP contribution >= 0.6 is 0 Å². The van der Waals surface area contributed by atoms with Crippen LogP contribution in [0.4, 0.5) is 19.0 Å². The number of rotatable bonds is 5. The highest BCUT2D eigenvalue weighted by atomic mass is 19.4. The van der Waals surface area contributed by atoms with Gasteiger partial charge in [0.1, 0.15) is 5.82 Å². The van der Waals surface area contributed by atoms with Crippen LogP contribution in [0.5, 0.6) is 0 Å². The van der Waals surface area contributed by atoms with Gasteiger partial charge in [-0.3, -0.25) is 0 Å². The van der Waals surface area contributed by atoms with Crippen molar-refractivity contribution in [2.24, 2.45) is 5.92 Å². The van der Waals surface area contributed by atoms with E-state index in [-0.39, 0.29) is 6.04 Å². The molecular formula is C23H23F3N4. The van der Waals surface area contributed by atoms with Gasteiger partial charge in [0.2, 0.25) is 0 Å². The third kappa shape index (κ3) is 4.78. The highest BCUT2D eigenvalue weighted by molar-refractivity contribution is 5.55. The van der Waals surface area contributed by atoms with Gasteiger partial charge in [0, 0.05) is 29.7 Å². The van der Waals surface area contributed by atoms with Crippen LogP contribution in [-0.2, 0) is 6.18 Å². The SMILES string of the molecule is FC(F)(F)c1ccc(-c2ncc(C(Nc3ccccn3)C3CCCCC3)cn2)cc1. The molecule has 0 spiro atoms. The Morgan fingerprint density at radius 2 is 1.57 bits per heavy atom. The van der Waals surface area contributed by atoms with Gasteiger partial charge in [-0.2, -0.15) is 13.2 Å². The molecule has 0 radical (unpaired) electrons. The summed E-state index contributed by atoms with van der Waals surface area (Å²) in [7, 11) is 0. The Labute approximate surface area is 173 Å². The number of alkyl halides is 3. The smallest absolute Gasteiger partial charge is 0.363 e. The molecule has 2 heterocycles. The Morgan fingerprint density at radius 1 is 0.867 bits per heavy atom. The van der Waals surface area contributed by atoms with E-state index >= 15 is 0 Å². The van der Waals surface area contributed by atoms with E-state index in [2.05, 4.69) is 20.3 Å². The molecular weight excluding hydrogens is 389 g/mol. The average Bonchev–Trinajstić information content (AvgIpc) is 2.78. The van der Waals surface area contributed by atoms with Gasteiger partial charge < -0.3 is 5.32 Å². The van der Waals surface area contributed by atoms with Crippen molar-refractivity contribution >= 4 is 5.82 Å². The molecule has 7 heteroatoms. The minimum atomic E-state index is -4.35. The molecule has 0 saturated heterocycles. The summed E-state index contributed by atoms with van der Waals surface area (Å²) in [6, 6.07) is 10.7. The van der Waals surface area contributed by atoms with E-state index in [0.29, 0.717) is 17.3 Å². The molecule has 1 saturated carbocycles. The summed E-state index contributed by atoms with van der Waals surface area (Å²) in [6.45, 7) is 0. The zero-order valence-corrected chi connectivity index (χ0v) is 16.4. The molecule has 3 aromatic rings. The van der Waals surface area contributed by atoms with Gasteiger partial charge in [0.05, 0.1) is 11.6 Å². The third-order valence-electron chi connectivity index (χ3n) is 5.59. The lowest BCUT2D eigenvalue weighted by molar-refractivity contribution is -0.137. The second kappa shape index (κ2) is 8.81. The van der Waals surface area contributed by atoms with Crippen LogP contribution in [0.1, 0.15) is 49.3 Å². The number of halogens is 3. The lowest BCUT2D eigenvalue weighted by Crippen LogP contribution is -2.24. The van der Waals surface area contributed by atoms with E-state index < -0.39 is 11.7 Å². The predicted octanol–water partition coefficient (Wildman–Crippen LogP) is 6.29. The van der Waals surface area contributed by atoms with Crippen LogP contribution in [0.25, 0.3) is 11.4 Å². The Balaban J connectivity index is 1.57. The standard InChI is InChI=1S/C23H23F3N4/c24-23(25,26)19-11-9-17(10-12-19)22-28-14-18(15-29-22)21(16-6-2-1-3-7-16)30-20-8-4-5-13-27-20/h4-5,8-16,21H,1-3,6-7H2,(H,27,30). The van der Waals surface area contributed by atoms with Crippen molar-refractivity contribution < 1.29 is 13.2 Å². The lowest BCUT2D eigenvalue weighted by atomic mass is 9.81. The van der Waals surface area contributed by atoms with Crippen molar-refractivity contribution in [3.8, 4) is 11.4 Å². The second-order valence-electron chi connectivity index (χ2n) is 7.65. The van der Waals surface area contributed by atoms with E-state index in [1.165, 1.54) is 31.4 Å². The van der Waals surface area contributed by atoms with E-state index in [1.807, 2.05) is 18.2 Å². The summed E-state index contributed by atoms with van der Waals surface area (Å²) in [6.07, 6.45) is 6.88. The van der Waals surface area contributed by atoms with Crippen molar-refractivity contribution in [1.82, 2.24) is 15.0 Å². The second-order valence-corrected chi connectivity index (χ2v) is 7.65. The fourth-order valence-corrected chi connectivity index (χ4v) is 4.00. The molecule has 4 nitrogen and oxygen atoms in total. The highest BCUT2D eigenvalue weighted by Gasteiger charge is 2.30. The van der Waals surface area contributed by atoms with Crippen LogP contribution in [0.15, 0.2) is 61.1 Å². The average molecular weight is 412 g/mol. The fourth-order valence-electron chi connectivity index (χ4n) is 4.00. The molecule has 1 aliphatic rings. The van der Waals surface area contributed by atoms with Crippen LogP contribution < -0.4 is 5.32 Å². The van der Waals surface area contributed by atoms with E-state index in [9.17, 15) is 13.2 Å². The summed E-state index contributed by atoms with van der Waals surface area (Å²) < 4.78 is 38.3. The van der Waals surface area contributed by atoms with E-state index in [0.717, 1.165) is 36.4 Å². The molecule has 0 amide bonds. The molecule has 0 aliphatic heterocycles. The van der Waals surface area contributed by atoms with Gasteiger partial charge in [-0.15, -0.1) is 0 Å². The van der Waals surface area contributed by atoms with Gasteiger partial charge in [-0.25, -0.2) is 15.0 Å². The maximum absolute atomic E-state index is 12.8. The first kappa shape index (κ1) is 20.3. The first-order valence-electron chi connectivity index (χ1n) is 10.2. The molecule has 1 aliphatic carbocycles. The number of pyridine rings is 1. The molecule has 156 valence electrons. The summed E-state index contributed by atoms with van der Waals surface area (Å²) in [5.41, 5.74) is 0.837. The first-order chi connectivity index (χ1) is 14.5. The minimum absolute atomic E-state index is 0.0434. The number of hydrogen-bond acceptors (Lipinski definition) is 4. The Hall–Kier alpha value is -2.96. The molecule has 30 heavy (non-hydrogen) atoms. The van der Waals surface area contributed by atoms with Crippen molar-refractivity contribution in [2.75, 3.05) is 5.32 Å². The molecule has 1 fully saturated rings. The topological polar surface area (TPSA) is 50.7 Å². The number of aromatic nitrogens is 3. The van der Waals surface area contributed by atoms with Crippen molar-refractivity contribution in [3.05, 3.63) is 72.2 Å². The van der Waals surface area contributed by atoms with Crippen LogP contribution in [0, 0.1) is 5.92 Å². The monoisotopic (exact) mass is 412 g/mol. The van der Waals surface area contributed by atoms with Gasteiger partial charge >= 0.3 is 6.18 Å². The predicted molar refractivity (Wildman–Crippen MR) is 110 cm³/mol. The van der Waals surface area contributed by atoms with Gasteiger partial charge in [0.15, 0.2) is 5.82 Å². The third-order valence-corrected chi connectivity index (χ3v) is 5.59. The Bertz CT molecular complexity index is 935. The van der Waals surface area contributed by atoms with Gasteiger partial charge in [-0.1, -0.05) is 37.5 Å². The molecule has 1 N–H and O–H groups in total. The van der Waals surface area contributed by atoms with Crippen LogP contribution in [0.3, 0.4) is 0 Å². The zero-order chi connectivity index (χ0) is 21.0. The largest absolute Gasteiger partial charge is 0.416 e. The van der Waals surface area contributed by atoms with Crippen molar-refractivity contribution in [2.45, 2.75) is 44.3 Å². The normalized spacial score (nSPS) is 16.2. The number of nitrogens with one attached hydrogen (secondary N) is 1.